The highest BCUT2D eigenvalue weighted by molar-refractivity contribution is 9.11. The summed E-state index contributed by atoms with van der Waals surface area (Å²) in [5.41, 5.74) is 2.00. The zero-order chi connectivity index (χ0) is 16.2. The molecule has 1 saturated heterocycles. The third-order valence-corrected chi connectivity index (χ3v) is 5.76. The van der Waals surface area contributed by atoms with Gasteiger partial charge in [-0.1, -0.05) is 17.7 Å². The van der Waals surface area contributed by atoms with Gasteiger partial charge in [0.05, 0.1) is 3.79 Å². The van der Waals surface area contributed by atoms with Crippen molar-refractivity contribution < 1.29 is 4.79 Å². The fourth-order valence-corrected chi connectivity index (χ4v) is 4.21. The molecule has 0 unspecified atom stereocenters. The van der Waals surface area contributed by atoms with Crippen molar-refractivity contribution in [2.75, 3.05) is 26.2 Å². The molecule has 0 saturated carbocycles. The quantitative estimate of drug-likeness (QED) is 0.739. The normalized spacial score (nSPS) is 16.3. The highest BCUT2D eigenvalue weighted by Crippen LogP contribution is 2.22. The van der Waals surface area contributed by atoms with Gasteiger partial charge in [0.2, 0.25) is 0 Å². The lowest BCUT2D eigenvalue weighted by Gasteiger charge is -2.22. The Balaban J connectivity index is 1.60. The topological polar surface area (TPSA) is 23.6 Å². The molecule has 2 heterocycles. The van der Waals surface area contributed by atoms with Gasteiger partial charge < -0.3 is 4.90 Å². The highest BCUT2D eigenvalue weighted by Gasteiger charge is 2.20. The average Bonchev–Trinajstić information content (AvgIpc) is 2.80. The Kier molecular flexibility index (Phi) is 5.75. The van der Waals surface area contributed by atoms with E-state index in [0.29, 0.717) is 10.6 Å². The van der Waals surface area contributed by atoms with E-state index in [1.165, 1.54) is 9.35 Å². The standard InChI is InChI=1S/C17H18BrClN2OS/c18-16-9-13(12-23-16)11-20-5-2-6-21(8-7-20)17(22)14-3-1-4-15(19)10-14/h1,3-4,9-10,12H,2,5-8,11H2. The van der Waals surface area contributed by atoms with Crippen molar-refractivity contribution in [1.82, 2.24) is 9.80 Å². The van der Waals surface area contributed by atoms with Crippen LogP contribution in [0.3, 0.4) is 0 Å². The van der Waals surface area contributed by atoms with Crippen molar-refractivity contribution in [3.05, 3.63) is 55.6 Å². The van der Waals surface area contributed by atoms with Gasteiger partial charge in [-0.05, 0) is 57.6 Å². The van der Waals surface area contributed by atoms with Gasteiger partial charge in [-0.15, -0.1) is 11.3 Å². The van der Waals surface area contributed by atoms with Crippen molar-refractivity contribution in [1.29, 1.82) is 0 Å². The third kappa shape index (κ3) is 4.57. The van der Waals surface area contributed by atoms with Crippen LogP contribution in [0.1, 0.15) is 22.3 Å². The SMILES string of the molecule is O=C(c1cccc(Cl)c1)N1CCCN(Cc2csc(Br)c2)CC1. The van der Waals surface area contributed by atoms with E-state index in [-0.39, 0.29) is 5.91 Å². The van der Waals surface area contributed by atoms with E-state index in [1.54, 1.807) is 23.5 Å². The minimum absolute atomic E-state index is 0.0765. The van der Waals surface area contributed by atoms with Gasteiger partial charge in [-0.3, -0.25) is 9.69 Å². The third-order valence-electron chi connectivity index (χ3n) is 3.98. The lowest BCUT2D eigenvalue weighted by Crippen LogP contribution is -2.35. The summed E-state index contributed by atoms with van der Waals surface area (Å²) in [5.74, 6) is 0.0765. The molecule has 1 aromatic heterocycles. The van der Waals surface area contributed by atoms with Crippen LogP contribution in [-0.2, 0) is 6.54 Å². The Hall–Kier alpha value is -0.880. The predicted octanol–water partition coefficient (Wildman–Crippen LogP) is 4.51. The van der Waals surface area contributed by atoms with E-state index in [2.05, 4.69) is 32.3 Å². The van der Waals surface area contributed by atoms with E-state index in [1.807, 2.05) is 17.0 Å². The molecule has 1 amide bonds. The molecular formula is C17H18BrClN2OS. The molecule has 0 bridgehead atoms. The van der Waals surface area contributed by atoms with E-state index < -0.39 is 0 Å². The maximum atomic E-state index is 12.6. The molecule has 0 aliphatic carbocycles. The first-order valence-corrected chi connectivity index (χ1v) is 9.67. The first-order chi connectivity index (χ1) is 11.1. The summed E-state index contributed by atoms with van der Waals surface area (Å²) in [6.45, 7) is 4.43. The molecule has 23 heavy (non-hydrogen) atoms. The molecule has 0 spiro atoms. The maximum Gasteiger partial charge on any atom is 0.253 e. The number of rotatable bonds is 3. The van der Waals surface area contributed by atoms with Crippen molar-refractivity contribution in [2.24, 2.45) is 0 Å². The smallest absolute Gasteiger partial charge is 0.253 e. The van der Waals surface area contributed by atoms with Gasteiger partial charge in [-0.2, -0.15) is 0 Å². The van der Waals surface area contributed by atoms with E-state index in [9.17, 15) is 4.79 Å². The molecule has 0 N–H and O–H groups in total. The summed E-state index contributed by atoms with van der Waals surface area (Å²) in [6.07, 6.45) is 0.998. The largest absolute Gasteiger partial charge is 0.337 e. The van der Waals surface area contributed by atoms with Crippen molar-refractivity contribution in [3.63, 3.8) is 0 Å². The number of carbonyl (C=O) groups is 1. The monoisotopic (exact) mass is 412 g/mol. The van der Waals surface area contributed by atoms with Crippen LogP contribution in [0.2, 0.25) is 5.02 Å². The molecule has 6 heteroatoms. The van der Waals surface area contributed by atoms with E-state index in [0.717, 1.165) is 39.1 Å². The summed E-state index contributed by atoms with van der Waals surface area (Å²) in [6, 6.07) is 9.37. The minimum atomic E-state index is 0.0765. The number of carbonyl (C=O) groups excluding carboxylic acids is 1. The van der Waals surface area contributed by atoms with Gasteiger partial charge in [0.1, 0.15) is 0 Å². The fourth-order valence-electron chi connectivity index (χ4n) is 2.82. The second-order valence-electron chi connectivity index (χ2n) is 5.69. The van der Waals surface area contributed by atoms with E-state index >= 15 is 0 Å². The Morgan fingerprint density at radius 2 is 2.09 bits per heavy atom. The van der Waals surface area contributed by atoms with Crippen molar-refractivity contribution in [3.8, 4) is 0 Å². The van der Waals surface area contributed by atoms with Crippen molar-refractivity contribution in [2.45, 2.75) is 13.0 Å². The van der Waals surface area contributed by atoms with Gasteiger partial charge in [0.25, 0.3) is 5.91 Å². The highest BCUT2D eigenvalue weighted by atomic mass is 79.9. The Morgan fingerprint density at radius 1 is 1.22 bits per heavy atom. The van der Waals surface area contributed by atoms with Gasteiger partial charge >= 0.3 is 0 Å². The number of thiophene rings is 1. The second kappa shape index (κ2) is 7.79. The summed E-state index contributed by atoms with van der Waals surface area (Å²) < 4.78 is 1.17. The number of amides is 1. The molecule has 1 aliphatic heterocycles. The first-order valence-electron chi connectivity index (χ1n) is 7.62. The number of nitrogens with zero attached hydrogens (tertiary/aromatic N) is 2. The summed E-state index contributed by atoms with van der Waals surface area (Å²) >= 11 is 11.2. The molecule has 122 valence electrons. The van der Waals surface area contributed by atoms with Crippen LogP contribution >= 0.6 is 38.9 Å². The van der Waals surface area contributed by atoms with Gasteiger partial charge in [-0.25, -0.2) is 0 Å². The Labute approximate surface area is 154 Å². The van der Waals surface area contributed by atoms with Crippen LogP contribution in [0.25, 0.3) is 0 Å². The average molecular weight is 414 g/mol. The van der Waals surface area contributed by atoms with Crippen LogP contribution in [0.15, 0.2) is 39.5 Å². The van der Waals surface area contributed by atoms with Gasteiger partial charge in [0.15, 0.2) is 0 Å². The Bertz CT molecular complexity index is 691. The summed E-state index contributed by atoms with van der Waals surface area (Å²) in [7, 11) is 0. The number of hydrogen-bond donors (Lipinski definition) is 0. The number of benzene rings is 1. The molecule has 3 nitrogen and oxygen atoms in total. The lowest BCUT2D eigenvalue weighted by atomic mass is 10.2. The fraction of sp³-hybridized carbons (Fsp3) is 0.353. The van der Waals surface area contributed by atoms with Crippen LogP contribution in [0, 0.1) is 0 Å². The van der Waals surface area contributed by atoms with Crippen molar-refractivity contribution >= 4 is 44.8 Å². The molecule has 2 aromatic rings. The molecule has 0 radical (unpaired) electrons. The zero-order valence-corrected chi connectivity index (χ0v) is 15.8. The number of halogens is 2. The minimum Gasteiger partial charge on any atom is -0.337 e. The lowest BCUT2D eigenvalue weighted by molar-refractivity contribution is 0.0761. The van der Waals surface area contributed by atoms with E-state index in [4.69, 9.17) is 11.6 Å². The molecule has 0 atom stereocenters. The van der Waals surface area contributed by atoms with Crippen LogP contribution in [0.5, 0.6) is 0 Å². The van der Waals surface area contributed by atoms with Crippen LogP contribution in [-0.4, -0.2) is 41.9 Å². The molecule has 1 aliphatic rings. The molecule has 3 rings (SSSR count). The second-order valence-corrected chi connectivity index (χ2v) is 8.42. The zero-order valence-electron chi connectivity index (χ0n) is 12.7. The molecular weight excluding hydrogens is 396 g/mol. The predicted molar refractivity (Wildman–Crippen MR) is 99.3 cm³/mol. The molecule has 1 fully saturated rings. The summed E-state index contributed by atoms with van der Waals surface area (Å²) in [5, 5.41) is 2.79. The number of hydrogen-bond acceptors (Lipinski definition) is 3. The maximum absolute atomic E-state index is 12.6. The Morgan fingerprint density at radius 3 is 2.83 bits per heavy atom. The molecule has 1 aromatic carbocycles. The first kappa shape index (κ1) is 17.0. The van der Waals surface area contributed by atoms with Gasteiger partial charge in [0, 0.05) is 43.3 Å². The van der Waals surface area contributed by atoms with Crippen LogP contribution in [0.4, 0.5) is 0 Å². The van der Waals surface area contributed by atoms with Crippen LogP contribution < -0.4 is 0 Å². The summed E-state index contributed by atoms with van der Waals surface area (Å²) in [4.78, 5) is 17.0.